The smallest absolute Gasteiger partial charge is 0.338 e. The molecule has 0 aliphatic rings. The largest absolute Gasteiger partial charge is 0.459 e. The van der Waals surface area contributed by atoms with Crippen molar-refractivity contribution in [1.82, 2.24) is 4.98 Å². The predicted molar refractivity (Wildman–Crippen MR) is 72.3 cm³/mol. The Balaban J connectivity index is 2.46. The molecule has 0 saturated carbocycles. The number of fused-ring (bicyclic) bond motifs is 1. The Morgan fingerprint density at radius 3 is 2.88 bits per heavy atom. The monoisotopic (exact) mass is 314 g/mol. The Morgan fingerprint density at radius 2 is 2.24 bits per heavy atom. The molecule has 90 valence electrons. The van der Waals surface area contributed by atoms with E-state index in [0.29, 0.717) is 10.7 Å². The van der Waals surface area contributed by atoms with Gasteiger partial charge in [-0.1, -0.05) is 11.3 Å². The topological polar surface area (TPSA) is 65.2 Å². The number of thiazole rings is 1. The molecule has 0 aliphatic carbocycles. The van der Waals surface area contributed by atoms with E-state index in [9.17, 15) is 4.79 Å². The minimum atomic E-state index is -0.338. The highest BCUT2D eigenvalue weighted by Gasteiger charge is 2.14. The van der Waals surface area contributed by atoms with Crippen molar-refractivity contribution in [2.45, 2.75) is 20.0 Å². The van der Waals surface area contributed by atoms with E-state index in [1.165, 1.54) is 11.3 Å². The maximum atomic E-state index is 11.8. The SMILES string of the molecule is CC(C)OC(=O)c1cc(Br)c2nc(N)sc2c1. The number of rotatable bonds is 2. The number of carbonyl (C=O) groups is 1. The van der Waals surface area contributed by atoms with Gasteiger partial charge < -0.3 is 10.5 Å². The minimum Gasteiger partial charge on any atom is -0.459 e. The molecular formula is C11H11BrN2O2S. The summed E-state index contributed by atoms with van der Waals surface area (Å²) in [6, 6.07) is 3.45. The van der Waals surface area contributed by atoms with Crippen LogP contribution in [0.15, 0.2) is 16.6 Å². The van der Waals surface area contributed by atoms with E-state index in [0.717, 1.165) is 14.7 Å². The van der Waals surface area contributed by atoms with Crippen molar-refractivity contribution in [2.24, 2.45) is 0 Å². The first kappa shape index (κ1) is 12.3. The summed E-state index contributed by atoms with van der Waals surface area (Å²) in [6.45, 7) is 3.63. The van der Waals surface area contributed by atoms with E-state index < -0.39 is 0 Å². The fraction of sp³-hybridized carbons (Fsp3) is 0.273. The van der Waals surface area contributed by atoms with Gasteiger partial charge in [-0.25, -0.2) is 9.78 Å². The molecule has 0 spiro atoms. The molecule has 0 saturated heterocycles. The van der Waals surface area contributed by atoms with Crippen LogP contribution < -0.4 is 5.73 Å². The van der Waals surface area contributed by atoms with Crippen LogP contribution in [-0.4, -0.2) is 17.1 Å². The summed E-state index contributed by atoms with van der Waals surface area (Å²) in [4.78, 5) is 15.9. The van der Waals surface area contributed by atoms with Crippen LogP contribution >= 0.6 is 27.3 Å². The second kappa shape index (κ2) is 4.62. The highest BCUT2D eigenvalue weighted by Crippen LogP contribution is 2.31. The summed E-state index contributed by atoms with van der Waals surface area (Å²) in [5.41, 5.74) is 6.91. The Labute approximate surface area is 111 Å². The van der Waals surface area contributed by atoms with Crippen molar-refractivity contribution < 1.29 is 9.53 Å². The van der Waals surface area contributed by atoms with E-state index >= 15 is 0 Å². The number of halogens is 1. The molecule has 0 radical (unpaired) electrons. The van der Waals surface area contributed by atoms with Crippen LogP contribution in [0.4, 0.5) is 5.13 Å². The molecule has 0 fully saturated rings. The summed E-state index contributed by atoms with van der Waals surface area (Å²) < 4.78 is 6.76. The van der Waals surface area contributed by atoms with E-state index in [1.807, 2.05) is 13.8 Å². The maximum Gasteiger partial charge on any atom is 0.338 e. The molecule has 1 heterocycles. The molecule has 0 bridgehead atoms. The first-order chi connectivity index (χ1) is 7.97. The van der Waals surface area contributed by atoms with Crippen LogP contribution in [0.25, 0.3) is 10.2 Å². The summed E-state index contributed by atoms with van der Waals surface area (Å²) in [5, 5.41) is 0.482. The van der Waals surface area contributed by atoms with Gasteiger partial charge >= 0.3 is 5.97 Å². The average molecular weight is 315 g/mol. The third-order valence-electron chi connectivity index (χ3n) is 2.04. The van der Waals surface area contributed by atoms with Crippen LogP contribution in [0.1, 0.15) is 24.2 Å². The highest BCUT2D eigenvalue weighted by atomic mass is 79.9. The molecule has 0 atom stereocenters. The van der Waals surface area contributed by atoms with Crippen molar-refractivity contribution in [1.29, 1.82) is 0 Å². The number of benzene rings is 1. The fourth-order valence-electron chi connectivity index (χ4n) is 1.41. The number of nitrogens with zero attached hydrogens (tertiary/aromatic N) is 1. The number of ether oxygens (including phenoxy) is 1. The van der Waals surface area contributed by atoms with Gasteiger partial charge in [0.25, 0.3) is 0 Å². The molecule has 0 aliphatic heterocycles. The van der Waals surface area contributed by atoms with E-state index in [1.54, 1.807) is 12.1 Å². The first-order valence-corrected chi connectivity index (χ1v) is 6.65. The lowest BCUT2D eigenvalue weighted by Gasteiger charge is -2.08. The lowest BCUT2D eigenvalue weighted by atomic mass is 10.2. The fourth-order valence-corrected chi connectivity index (χ4v) is 2.89. The zero-order chi connectivity index (χ0) is 12.6. The molecule has 2 N–H and O–H groups in total. The molecule has 0 unspecified atom stereocenters. The normalized spacial score (nSPS) is 11.1. The van der Waals surface area contributed by atoms with Gasteiger partial charge in [-0.2, -0.15) is 0 Å². The predicted octanol–water partition coefficient (Wildman–Crippen LogP) is 3.21. The van der Waals surface area contributed by atoms with Crippen molar-refractivity contribution in [3.63, 3.8) is 0 Å². The van der Waals surface area contributed by atoms with Gasteiger partial charge in [0, 0.05) is 4.47 Å². The van der Waals surface area contributed by atoms with Gasteiger partial charge in [-0.15, -0.1) is 0 Å². The van der Waals surface area contributed by atoms with Crippen LogP contribution in [0.5, 0.6) is 0 Å². The second-order valence-corrected chi connectivity index (χ2v) is 5.73. The van der Waals surface area contributed by atoms with Crippen LogP contribution in [0.2, 0.25) is 0 Å². The molecule has 2 rings (SSSR count). The standard InChI is InChI=1S/C11H11BrN2O2S/c1-5(2)16-10(15)6-3-7(12)9-8(4-6)17-11(13)14-9/h3-5H,1-2H3,(H2,13,14). The minimum absolute atomic E-state index is 0.136. The van der Waals surface area contributed by atoms with Crippen molar-refractivity contribution >= 4 is 48.6 Å². The molecule has 4 nitrogen and oxygen atoms in total. The summed E-state index contributed by atoms with van der Waals surface area (Å²) >= 11 is 4.72. The van der Waals surface area contributed by atoms with E-state index in [-0.39, 0.29) is 12.1 Å². The maximum absolute atomic E-state index is 11.8. The molecule has 0 amide bonds. The van der Waals surface area contributed by atoms with Crippen molar-refractivity contribution in [2.75, 3.05) is 5.73 Å². The number of anilines is 1. The molecule has 1 aromatic carbocycles. The lowest BCUT2D eigenvalue weighted by molar-refractivity contribution is 0.0378. The van der Waals surface area contributed by atoms with Gasteiger partial charge in [0.15, 0.2) is 5.13 Å². The summed E-state index contributed by atoms with van der Waals surface area (Å²) in [6.07, 6.45) is -0.136. The number of hydrogen-bond acceptors (Lipinski definition) is 5. The molecule has 2 aromatic rings. The van der Waals surface area contributed by atoms with Gasteiger partial charge in [-0.05, 0) is 41.9 Å². The highest BCUT2D eigenvalue weighted by molar-refractivity contribution is 9.10. The molecule has 17 heavy (non-hydrogen) atoms. The number of esters is 1. The molecular weight excluding hydrogens is 304 g/mol. The van der Waals surface area contributed by atoms with Gasteiger partial charge in [0.1, 0.15) is 0 Å². The Bertz CT molecular complexity index is 580. The molecule has 6 heteroatoms. The zero-order valence-electron chi connectivity index (χ0n) is 9.36. The summed E-state index contributed by atoms with van der Waals surface area (Å²) in [5.74, 6) is -0.338. The third kappa shape index (κ3) is 2.58. The Morgan fingerprint density at radius 1 is 1.53 bits per heavy atom. The number of carbonyl (C=O) groups excluding carboxylic acids is 1. The van der Waals surface area contributed by atoms with Crippen LogP contribution in [0.3, 0.4) is 0 Å². The number of aromatic nitrogens is 1. The zero-order valence-corrected chi connectivity index (χ0v) is 11.8. The second-order valence-electron chi connectivity index (χ2n) is 3.81. The summed E-state index contributed by atoms with van der Waals surface area (Å²) in [7, 11) is 0. The number of hydrogen-bond donors (Lipinski definition) is 1. The van der Waals surface area contributed by atoms with Gasteiger partial charge in [0.2, 0.25) is 0 Å². The quantitative estimate of drug-likeness (QED) is 0.864. The first-order valence-electron chi connectivity index (χ1n) is 5.04. The third-order valence-corrected chi connectivity index (χ3v) is 3.48. The number of nitrogens with two attached hydrogens (primary N) is 1. The Hall–Kier alpha value is -1.14. The van der Waals surface area contributed by atoms with Gasteiger partial charge in [0.05, 0.1) is 21.9 Å². The van der Waals surface area contributed by atoms with E-state index in [2.05, 4.69) is 20.9 Å². The van der Waals surface area contributed by atoms with Gasteiger partial charge in [-0.3, -0.25) is 0 Å². The van der Waals surface area contributed by atoms with Crippen LogP contribution in [-0.2, 0) is 4.74 Å². The van der Waals surface area contributed by atoms with Crippen LogP contribution in [0, 0.1) is 0 Å². The Kier molecular flexibility index (Phi) is 3.35. The van der Waals surface area contributed by atoms with Crippen molar-refractivity contribution in [3.05, 3.63) is 22.2 Å². The molecule has 1 aromatic heterocycles. The lowest BCUT2D eigenvalue weighted by Crippen LogP contribution is -2.11. The van der Waals surface area contributed by atoms with E-state index in [4.69, 9.17) is 10.5 Å². The number of nitrogen functional groups attached to an aromatic ring is 1. The van der Waals surface area contributed by atoms with Crippen molar-refractivity contribution in [3.8, 4) is 0 Å². The average Bonchev–Trinajstić information content (AvgIpc) is 2.58.